The van der Waals surface area contributed by atoms with E-state index < -0.39 is 6.61 Å². The Balaban J connectivity index is 0.00000312. The minimum atomic E-state index is -2.87. The number of nitrogens with one attached hydrogen (secondary N) is 1. The fourth-order valence-corrected chi connectivity index (χ4v) is 2.59. The number of rotatable bonds is 8. The molecule has 140 valence electrons. The van der Waals surface area contributed by atoms with Crippen LogP contribution >= 0.6 is 12.4 Å². The zero-order valence-corrected chi connectivity index (χ0v) is 15.6. The SMILES string of the molecule is CCOc1cc(CNC(C)c2cc(C)oc2C)ccc1OC(F)F.Cl. The van der Waals surface area contributed by atoms with Crippen LogP contribution in [-0.4, -0.2) is 13.2 Å². The van der Waals surface area contributed by atoms with Crippen LogP contribution in [0.3, 0.4) is 0 Å². The van der Waals surface area contributed by atoms with E-state index in [2.05, 4.69) is 17.0 Å². The lowest BCUT2D eigenvalue weighted by Gasteiger charge is -2.15. The van der Waals surface area contributed by atoms with Gasteiger partial charge in [0, 0.05) is 18.2 Å². The van der Waals surface area contributed by atoms with Crippen molar-refractivity contribution >= 4 is 12.4 Å². The normalized spacial score (nSPS) is 12.0. The molecule has 1 aromatic heterocycles. The minimum Gasteiger partial charge on any atom is -0.490 e. The molecule has 7 heteroatoms. The van der Waals surface area contributed by atoms with E-state index in [1.54, 1.807) is 19.1 Å². The van der Waals surface area contributed by atoms with Crippen LogP contribution in [0, 0.1) is 13.8 Å². The number of hydrogen-bond acceptors (Lipinski definition) is 4. The van der Waals surface area contributed by atoms with E-state index in [1.807, 2.05) is 19.9 Å². The first kappa shape index (κ1) is 21.3. The number of ether oxygens (including phenoxy) is 2. The van der Waals surface area contributed by atoms with Gasteiger partial charge in [0.15, 0.2) is 11.5 Å². The van der Waals surface area contributed by atoms with Crippen LogP contribution in [-0.2, 0) is 6.54 Å². The van der Waals surface area contributed by atoms with Gasteiger partial charge in [0.2, 0.25) is 0 Å². The molecule has 0 bridgehead atoms. The van der Waals surface area contributed by atoms with Gasteiger partial charge in [-0.3, -0.25) is 0 Å². The van der Waals surface area contributed by atoms with Gasteiger partial charge in [-0.1, -0.05) is 6.07 Å². The molecule has 1 aromatic carbocycles. The van der Waals surface area contributed by atoms with Crippen LogP contribution in [0.4, 0.5) is 8.78 Å². The summed E-state index contributed by atoms with van der Waals surface area (Å²) in [5.41, 5.74) is 2.03. The van der Waals surface area contributed by atoms with Gasteiger partial charge >= 0.3 is 6.61 Å². The van der Waals surface area contributed by atoms with Crippen LogP contribution in [0.25, 0.3) is 0 Å². The molecular formula is C18H24ClF2NO3. The number of hydrogen-bond donors (Lipinski definition) is 1. The van der Waals surface area contributed by atoms with Gasteiger partial charge in [0.1, 0.15) is 11.5 Å². The summed E-state index contributed by atoms with van der Waals surface area (Å²) >= 11 is 0. The third-order valence-corrected chi connectivity index (χ3v) is 3.68. The predicted molar refractivity (Wildman–Crippen MR) is 94.9 cm³/mol. The lowest BCUT2D eigenvalue weighted by Crippen LogP contribution is -2.18. The fraction of sp³-hybridized carbons (Fsp3) is 0.444. The highest BCUT2D eigenvalue weighted by Gasteiger charge is 2.14. The lowest BCUT2D eigenvalue weighted by atomic mass is 10.1. The Morgan fingerprint density at radius 2 is 1.88 bits per heavy atom. The average Bonchev–Trinajstić information content (AvgIpc) is 2.85. The summed E-state index contributed by atoms with van der Waals surface area (Å²) in [6, 6.07) is 7.08. The van der Waals surface area contributed by atoms with E-state index in [9.17, 15) is 8.78 Å². The molecule has 0 aliphatic heterocycles. The Labute approximate surface area is 152 Å². The fourth-order valence-electron chi connectivity index (χ4n) is 2.59. The van der Waals surface area contributed by atoms with Crippen molar-refractivity contribution in [2.75, 3.05) is 6.61 Å². The number of halogens is 3. The first-order valence-corrected chi connectivity index (χ1v) is 7.91. The average molecular weight is 376 g/mol. The zero-order chi connectivity index (χ0) is 17.7. The molecule has 1 unspecified atom stereocenters. The van der Waals surface area contributed by atoms with Crippen molar-refractivity contribution in [1.82, 2.24) is 5.32 Å². The largest absolute Gasteiger partial charge is 0.490 e. The maximum absolute atomic E-state index is 12.4. The molecule has 0 aliphatic rings. The van der Waals surface area contributed by atoms with Crippen LogP contribution in [0.2, 0.25) is 0 Å². The summed E-state index contributed by atoms with van der Waals surface area (Å²) in [6.07, 6.45) is 0. The Morgan fingerprint density at radius 3 is 2.44 bits per heavy atom. The van der Waals surface area contributed by atoms with Crippen molar-refractivity contribution < 1.29 is 22.7 Å². The first-order valence-electron chi connectivity index (χ1n) is 7.91. The molecule has 1 atom stereocenters. The molecule has 0 amide bonds. The van der Waals surface area contributed by atoms with E-state index in [1.165, 1.54) is 6.07 Å². The quantitative estimate of drug-likeness (QED) is 0.691. The maximum atomic E-state index is 12.4. The van der Waals surface area contributed by atoms with Crippen molar-refractivity contribution in [2.24, 2.45) is 0 Å². The van der Waals surface area contributed by atoms with Crippen LogP contribution in [0.5, 0.6) is 11.5 Å². The molecular weight excluding hydrogens is 352 g/mol. The highest BCUT2D eigenvalue weighted by Crippen LogP contribution is 2.30. The molecule has 2 rings (SSSR count). The number of alkyl halides is 2. The van der Waals surface area contributed by atoms with Gasteiger partial charge in [-0.05, 0) is 51.5 Å². The second-order valence-electron chi connectivity index (χ2n) is 5.56. The minimum absolute atomic E-state index is 0. The van der Waals surface area contributed by atoms with Gasteiger partial charge in [-0.2, -0.15) is 8.78 Å². The Hall–Kier alpha value is -1.79. The van der Waals surface area contributed by atoms with Crippen LogP contribution in [0.15, 0.2) is 28.7 Å². The molecule has 0 spiro atoms. The summed E-state index contributed by atoms with van der Waals surface area (Å²) in [5, 5.41) is 3.39. The predicted octanol–water partition coefficient (Wildman–Crippen LogP) is 5.17. The molecule has 1 N–H and O–H groups in total. The van der Waals surface area contributed by atoms with Crippen molar-refractivity contribution in [3.8, 4) is 11.5 Å². The summed E-state index contributed by atoms with van der Waals surface area (Å²) < 4.78 is 40.3. The smallest absolute Gasteiger partial charge is 0.387 e. The van der Waals surface area contributed by atoms with E-state index in [0.717, 1.165) is 22.6 Å². The zero-order valence-electron chi connectivity index (χ0n) is 14.8. The number of furan rings is 1. The Kier molecular flexibility index (Phi) is 8.19. The highest BCUT2D eigenvalue weighted by atomic mass is 35.5. The summed E-state index contributed by atoms with van der Waals surface area (Å²) in [6.45, 7) is 5.77. The van der Waals surface area contributed by atoms with Crippen molar-refractivity contribution in [1.29, 1.82) is 0 Å². The molecule has 0 radical (unpaired) electrons. The Bertz CT molecular complexity index is 676. The molecule has 2 aromatic rings. The van der Waals surface area contributed by atoms with Gasteiger partial charge in [-0.15, -0.1) is 12.4 Å². The third kappa shape index (κ3) is 5.90. The van der Waals surface area contributed by atoms with Crippen LogP contribution < -0.4 is 14.8 Å². The van der Waals surface area contributed by atoms with Crippen molar-refractivity contribution in [3.63, 3.8) is 0 Å². The monoisotopic (exact) mass is 375 g/mol. The first-order chi connectivity index (χ1) is 11.4. The van der Waals surface area contributed by atoms with Gasteiger partial charge in [0.05, 0.1) is 6.61 Å². The molecule has 1 heterocycles. The van der Waals surface area contributed by atoms with E-state index >= 15 is 0 Å². The third-order valence-electron chi connectivity index (χ3n) is 3.68. The summed E-state index contributed by atoms with van der Waals surface area (Å²) in [4.78, 5) is 0. The molecule has 0 saturated carbocycles. The van der Waals surface area contributed by atoms with Crippen molar-refractivity contribution in [2.45, 2.75) is 46.9 Å². The summed E-state index contributed by atoms with van der Waals surface area (Å²) in [5.74, 6) is 2.14. The number of aryl methyl sites for hydroxylation is 2. The highest BCUT2D eigenvalue weighted by molar-refractivity contribution is 5.85. The molecule has 0 aliphatic carbocycles. The van der Waals surface area contributed by atoms with E-state index in [4.69, 9.17) is 9.15 Å². The molecule has 25 heavy (non-hydrogen) atoms. The molecule has 4 nitrogen and oxygen atoms in total. The second-order valence-corrected chi connectivity index (χ2v) is 5.56. The van der Waals surface area contributed by atoms with Crippen LogP contribution in [0.1, 0.15) is 42.5 Å². The Morgan fingerprint density at radius 1 is 1.16 bits per heavy atom. The number of benzene rings is 1. The molecule has 0 saturated heterocycles. The van der Waals surface area contributed by atoms with Gasteiger partial charge in [-0.25, -0.2) is 0 Å². The standard InChI is InChI=1S/C18H23F2NO3.ClH/c1-5-22-17-9-14(6-7-16(17)24-18(19)20)10-21-12(3)15-8-11(2)23-13(15)4;/h6-9,12,18,21H,5,10H2,1-4H3;1H. The second kappa shape index (κ2) is 9.63. The van der Waals surface area contributed by atoms with Gasteiger partial charge < -0.3 is 19.2 Å². The lowest BCUT2D eigenvalue weighted by molar-refractivity contribution is -0.0514. The molecule has 0 fully saturated rings. The topological polar surface area (TPSA) is 43.6 Å². The maximum Gasteiger partial charge on any atom is 0.387 e. The van der Waals surface area contributed by atoms with Gasteiger partial charge in [0.25, 0.3) is 0 Å². The van der Waals surface area contributed by atoms with E-state index in [-0.39, 0.29) is 24.2 Å². The van der Waals surface area contributed by atoms with Crippen molar-refractivity contribution in [3.05, 3.63) is 46.9 Å². The van der Waals surface area contributed by atoms with E-state index in [0.29, 0.717) is 18.9 Å². The summed E-state index contributed by atoms with van der Waals surface area (Å²) in [7, 11) is 0.